The predicted molar refractivity (Wildman–Crippen MR) is 115 cm³/mol. The first kappa shape index (κ1) is 18.3. The maximum atomic E-state index is 13.2. The molecule has 4 aromatic rings. The van der Waals surface area contributed by atoms with Crippen molar-refractivity contribution in [2.75, 3.05) is 11.8 Å². The van der Waals surface area contributed by atoms with Crippen molar-refractivity contribution in [2.45, 2.75) is 4.90 Å². The summed E-state index contributed by atoms with van der Waals surface area (Å²) in [5.74, 6) is -0.923. The highest BCUT2D eigenvalue weighted by molar-refractivity contribution is 7.92. The van der Waals surface area contributed by atoms with Crippen LogP contribution in [-0.2, 0) is 10.0 Å². The fourth-order valence-electron chi connectivity index (χ4n) is 3.87. The number of anilines is 1. The quantitative estimate of drug-likeness (QED) is 0.511. The Kier molecular flexibility index (Phi) is 3.91. The van der Waals surface area contributed by atoms with Gasteiger partial charge in [-0.15, -0.1) is 0 Å². The van der Waals surface area contributed by atoms with Crippen molar-refractivity contribution in [1.29, 1.82) is 0 Å². The van der Waals surface area contributed by atoms with Crippen LogP contribution in [0.4, 0.5) is 5.69 Å². The Morgan fingerprint density at radius 3 is 2.27 bits per heavy atom. The number of fused-ring (bicyclic) bond motifs is 1. The van der Waals surface area contributed by atoms with Crippen molar-refractivity contribution in [3.05, 3.63) is 83.9 Å². The van der Waals surface area contributed by atoms with Gasteiger partial charge in [0.05, 0.1) is 10.6 Å². The zero-order valence-corrected chi connectivity index (χ0v) is 16.7. The minimum Gasteiger partial charge on any atom is -0.279 e. The van der Waals surface area contributed by atoms with E-state index in [1.54, 1.807) is 30.3 Å². The van der Waals surface area contributed by atoms with Crippen LogP contribution in [0.1, 0.15) is 20.7 Å². The van der Waals surface area contributed by atoms with E-state index in [1.807, 2.05) is 30.3 Å². The van der Waals surface area contributed by atoms with Gasteiger partial charge < -0.3 is 0 Å². The van der Waals surface area contributed by atoms with Crippen molar-refractivity contribution in [3.63, 3.8) is 0 Å². The molecule has 7 heteroatoms. The SMILES string of the molecule is CN1C(=O)c2cccc3cc(S(=O)(=O)Nc4cccc5ccccc45)cc(c23)C1=O. The zero-order chi connectivity index (χ0) is 21.0. The highest BCUT2D eigenvalue weighted by Crippen LogP contribution is 2.33. The number of sulfonamides is 1. The van der Waals surface area contributed by atoms with Crippen LogP contribution in [0.15, 0.2) is 77.7 Å². The number of amides is 2. The Morgan fingerprint density at radius 1 is 0.767 bits per heavy atom. The molecule has 6 nitrogen and oxygen atoms in total. The summed E-state index contributed by atoms with van der Waals surface area (Å²) in [5.41, 5.74) is 1.04. The van der Waals surface area contributed by atoms with E-state index in [2.05, 4.69) is 4.72 Å². The molecule has 1 N–H and O–H groups in total. The van der Waals surface area contributed by atoms with Gasteiger partial charge in [0.15, 0.2) is 0 Å². The molecule has 0 saturated heterocycles. The predicted octanol–water partition coefficient (Wildman–Crippen LogP) is 4.02. The Hall–Kier alpha value is -3.71. The van der Waals surface area contributed by atoms with E-state index in [0.717, 1.165) is 15.7 Å². The average molecular weight is 416 g/mol. The molecular formula is C23H16N2O4S. The summed E-state index contributed by atoms with van der Waals surface area (Å²) in [7, 11) is -2.59. The van der Waals surface area contributed by atoms with Crippen LogP contribution in [0.3, 0.4) is 0 Å². The van der Waals surface area contributed by atoms with E-state index in [1.165, 1.54) is 19.2 Å². The van der Waals surface area contributed by atoms with Gasteiger partial charge in [-0.05, 0) is 35.0 Å². The molecule has 1 heterocycles. The van der Waals surface area contributed by atoms with Crippen LogP contribution >= 0.6 is 0 Å². The standard InChI is InChI=1S/C23H16N2O4S/c1-25-22(26)18-10-4-8-15-12-16(13-19(21(15)18)23(25)27)30(28,29)24-20-11-5-7-14-6-2-3-9-17(14)20/h2-13,24H,1H3. The van der Waals surface area contributed by atoms with Crippen molar-refractivity contribution in [3.8, 4) is 0 Å². The molecule has 4 aromatic carbocycles. The zero-order valence-electron chi connectivity index (χ0n) is 15.9. The second-order valence-electron chi connectivity index (χ2n) is 7.18. The van der Waals surface area contributed by atoms with Crippen LogP contribution in [0.5, 0.6) is 0 Å². The number of hydrogen-bond acceptors (Lipinski definition) is 4. The number of rotatable bonds is 3. The lowest BCUT2D eigenvalue weighted by atomic mass is 9.94. The minimum atomic E-state index is -3.98. The van der Waals surface area contributed by atoms with Gasteiger partial charge in [0.25, 0.3) is 21.8 Å². The smallest absolute Gasteiger partial charge is 0.261 e. The summed E-state index contributed by atoms with van der Waals surface area (Å²) in [6, 6.07) is 20.7. The maximum absolute atomic E-state index is 13.2. The van der Waals surface area contributed by atoms with Gasteiger partial charge in [0, 0.05) is 28.9 Å². The molecule has 0 spiro atoms. The fourth-order valence-corrected chi connectivity index (χ4v) is 5.01. The van der Waals surface area contributed by atoms with E-state index < -0.39 is 21.8 Å². The molecule has 0 atom stereocenters. The molecule has 0 aromatic heterocycles. The van der Waals surface area contributed by atoms with Crippen molar-refractivity contribution < 1.29 is 18.0 Å². The van der Waals surface area contributed by atoms with Gasteiger partial charge in [0.2, 0.25) is 0 Å². The van der Waals surface area contributed by atoms with E-state index in [4.69, 9.17) is 0 Å². The van der Waals surface area contributed by atoms with Crippen LogP contribution in [-0.4, -0.2) is 32.2 Å². The van der Waals surface area contributed by atoms with Gasteiger partial charge >= 0.3 is 0 Å². The fraction of sp³-hybridized carbons (Fsp3) is 0.0435. The summed E-state index contributed by atoms with van der Waals surface area (Å²) in [6.07, 6.45) is 0. The molecule has 0 saturated carbocycles. The van der Waals surface area contributed by atoms with Crippen molar-refractivity contribution in [1.82, 2.24) is 4.90 Å². The number of benzene rings is 4. The molecule has 0 radical (unpaired) electrons. The molecule has 0 unspecified atom stereocenters. The van der Waals surface area contributed by atoms with Gasteiger partial charge in [-0.25, -0.2) is 8.42 Å². The Morgan fingerprint density at radius 2 is 1.43 bits per heavy atom. The second-order valence-corrected chi connectivity index (χ2v) is 8.86. The summed E-state index contributed by atoms with van der Waals surface area (Å²) >= 11 is 0. The van der Waals surface area contributed by atoms with Crippen LogP contribution in [0.2, 0.25) is 0 Å². The Bertz CT molecular complexity index is 1490. The van der Waals surface area contributed by atoms with Crippen molar-refractivity contribution in [2.24, 2.45) is 0 Å². The first-order chi connectivity index (χ1) is 14.4. The van der Waals surface area contributed by atoms with E-state index >= 15 is 0 Å². The average Bonchev–Trinajstić information content (AvgIpc) is 2.75. The van der Waals surface area contributed by atoms with Crippen LogP contribution < -0.4 is 4.72 Å². The molecule has 2 amide bonds. The third-order valence-corrected chi connectivity index (χ3v) is 6.71. The summed E-state index contributed by atoms with van der Waals surface area (Å²) in [6.45, 7) is 0. The third-order valence-electron chi connectivity index (χ3n) is 5.36. The lowest BCUT2D eigenvalue weighted by Crippen LogP contribution is -2.37. The number of imide groups is 1. The molecule has 1 aliphatic heterocycles. The van der Waals surface area contributed by atoms with Gasteiger partial charge in [-0.3, -0.25) is 19.2 Å². The molecule has 5 rings (SSSR count). The summed E-state index contributed by atoms with van der Waals surface area (Å²) < 4.78 is 29.1. The molecule has 1 aliphatic rings. The van der Waals surface area contributed by atoms with E-state index in [0.29, 0.717) is 22.0 Å². The summed E-state index contributed by atoms with van der Waals surface area (Å²) in [5, 5.41) is 2.69. The minimum absolute atomic E-state index is 0.0359. The van der Waals surface area contributed by atoms with Crippen molar-refractivity contribution >= 4 is 49.1 Å². The monoisotopic (exact) mass is 416 g/mol. The second kappa shape index (κ2) is 6.40. The molecule has 0 bridgehead atoms. The first-order valence-corrected chi connectivity index (χ1v) is 10.7. The summed E-state index contributed by atoms with van der Waals surface area (Å²) in [4.78, 5) is 26.1. The molecule has 0 fully saturated rings. The molecule has 30 heavy (non-hydrogen) atoms. The lowest BCUT2D eigenvalue weighted by molar-refractivity contribution is 0.0650. The maximum Gasteiger partial charge on any atom is 0.261 e. The number of nitrogens with one attached hydrogen (secondary N) is 1. The Balaban J connectivity index is 1.68. The van der Waals surface area contributed by atoms with Crippen LogP contribution in [0, 0.1) is 0 Å². The lowest BCUT2D eigenvalue weighted by Gasteiger charge is -2.24. The van der Waals surface area contributed by atoms with Gasteiger partial charge in [-0.1, -0.05) is 48.5 Å². The number of nitrogens with zero attached hydrogens (tertiary/aromatic N) is 1. The van der Waals surface area contributed by atoms with Gasteiger partial charge in [-0.2, -0.15) is 0 Å². The van der Waals surface area contributed by atoms with E-state index in [9.17, 15) is 18.0 Å². The molecule has 0 aliphatic carbocycles. The highest BCUT2D eigenvalue weighted by Gasteiger charge is 2.31. The third kappa shape index (κ3) is 2.67. The van der Waals surface area contributed by atoms with E-state index in [-0.39, 0.29) is 10.5 Å². The normalized spacial score (nSPS) is 13.8. The number of carbonyl (C=O) groups is 2. The first-order valence-electron chi connectivity index (χ1n) is 9.26. The Labute approximate surface area is 172 Å². The highest BCUT2D eigenvalue weighted by atomic mass is 32.2. The number of hydrogen-bond donors (Lipinski definition) is 1. The topological polar surface area (TPSA) is 83.6 Å². The molecular weight excluding hydrogens is 400 g/mol. The largest absolute Gasteiger partial charge is 0.279 e. The van der Waals surface area contributed by atoms with Crippen LogP contribution in [0.25, 0.3) is 21.5 Å². The number of carbonyl (C=O) groups excluding carboxylic acids is 2. The van der Waals surface area contributed by atoms with Gasteiger partial charge in [0.1, 0.15) is 0 Å². The molecule has 148 valence electrons.